The van der Waals surface area contributed by atoms with Crippen molar-refractivity contribution in [2.45, 2.75) is 6.92 Å². The number of carbonyl (C=O) groups is 2. The standard InChI is InChI=1S/C17H17ClN6O2/c1-10-14(18)15(24(3)21-10)17(26)20-12-6-4-11(5-7-12)19-16(25)13-8-9-23(2)22-13/h4-9H,1-3H3,(H,19,25)(H,20,26). The van der Waals surface area contributed by atoms with E-state index in [9.17, 15) is 9.59 Å². The quantitative estimate of drug-likeness (QED) is 0.736. The zero-order valence-corrected chi connectivity index (χ0v) is 15.2. The van der Waals surface area contributed by atoms with Crippen LogP contribution in [-0.4, -0.2) is 31.4 Å². The van der Waals surface area contributed by atoms with Gasteiger partial charge in [0.2, 0.25) is 0 Å². The normalized spacial score (nSPS) is 10.6. The molecule has 0 aliphatic carbocycles. The number of rotatable bonds is 4. The molecule has 0 fully saturated rings. The van der Waals surface area contributed by atoms with Gasteiger partial charge in [0, 0.05) is 31.7 Å². The summed E-state index contributed by atoms with van der Waals surface area (Å²) < 4.78 is 2.99. The van der Waals surface area contributed by atoms with Gasteiger partial charge in [-0.3, -0.25) is 19.0 Å². The van der Waals surface area contributed by atoms with E-state index in [4.69, 9.17) is 11.6 Å². The third-order valence-electron chi connectivity index (χ3n) is 3.71. The first-order chi connectivity index (χ1) is 12.3. The van der Waals surface area contributed by atoms with Gasteiger partial charge in [0.15, 0.2) is 5.69 Å². The van der Waals surface area contributed by atoms with E-state index in [0.717, 1.165) is 0 Å². The molecule has 0 saturated heterocycles. The Balaban J connectivity index is 1.68. The summed E-state index contributed by atoms with van der Waals surface area (Å²) in [5.74, 6) is -0.664. The fourth-order valence-corrected chi connectivity index (χ4v) is 2.68. The van der Waals surface area contributed by atoms with Gasteiger partial charge in [0.25, 0.3) is 11.8 Å². The van der Waals surface area contributed by atoms with Crippen molar-refractivity contribution in [3.63, 3.8) is 0 Å². The summed E-state index contributed by atoms with van der Waals surface area (Å²) in [6, 6.07) is 8.37. The number of halogens is 1. The minimum Gasteiger partial charge on any atom is -0.321 e. The van der Waals surface area contributed by atoms with Crippen molar-refractivity contribution >= 4 is 34.8 Å². The van der Waals surface area contributed by atoms with E-state index in [1.54, 1.807) is 62.2 Å². The molecule has 0 aliphatic heterocycles. The number of anilines is 2. The van der Waals surface area contributed by atoms with Gasteiger partial charge in [-0.05, 0) is 37.3 Å². The maximum absolute atomic E-state index is 12.4. The first-order valence-electron chi connectivity index (χ1n) is 7.76. The van der Waals surface area contributed by atoms with Crippen LogP contribution in [0.1, 0.15) is 26.7 Å². The molecule has 2 amide bonds. The molecular formula is C17H17ClN6O2. The molecule has 0 aliphatic rings. The molecular weight excluding hydrogens is 356 g/mol. The molecule has 26 heavy (non-hydrogen) atoms. The molecule has 9 heteroatoms. The van der Waals surface area contributed by atoms with Crippen LogP contribution in [0.15, 0.2) is 36.5 Å². The highest BCUT2D eigenvalue weighted by Gasteiger charge is 2.18. The number of aryl methyl sites for hydroxylation is 3. The van der Waals surface area contributed by atoms with Gasteiger partial charge in [-0.15, -0.1) is 0 Å². The SMILES string of the molecule is Cc1nn(C)c(C(=O)Nc2ccc(NC(=O)c3ccn(C)n3)cc2)c1Cl. The van der Waals surface area contributed by atoms with Crippen LogP contribution in [0.3, 0.4) is 0 Å². The minimum absolute atomic E-state index is 0.289. The number of carbonyl (C=O) groups excluding carboxylic acids is 2. The van der Waals surface area contributed by atoms with E-state index < -0.39 is 0 Å². The molecule has 0 bridgehead atoms. The third kappa shape index (κ3) is 3.60. The Labute approximate surface area is 154 Å². The fourth-order valence-electron chi connectivity index (χ4n) is 2.44. The molecule has 2 aromatic heterocycles. The lowest BCUT2D eigenvalue weighted by molar-refractivity contribution is 0.101. The summed E-state index contributed by atoms with van der Waals surface area (Å²) in [6.07, 6.45) is 1.69. The van der Waals surface area contributed by atoms with E-state index in [1.165, 1.54) is 4.68 Å². The molecule has 1 aromatic carbocycles. The van der Waals surface area contributed by atoms with E-state index >= 15 is 0 Å². The monoisotopic (exact) mass is 372 g/mol. The predicted octanol–water partition coefficient (Wildman–Crippen LogP) is 2.62. The van der Waals surface area contributed by atoms with Crippen molar-refractivity contribution in [2.24, 2.45) is 14.1 Å². The van der Waals surface area contributed by atoms with Gasteiger partial charge in [0.05, 0.1) is 10.7 Å². The van der Waals surface area contributed by atoms with E-state index in [1.807, 2.05) is 0 Å². The largest absolute Gasteiger partial charge is 0.321 e. The molecule has 3 rings (SSSR count). The summed E-state index contributed by atoms with van der Waals surface area (Å²) in [6.45, 7) is 1.73. The molecule has 0 spiro atoms. The maximum Gasteiger partial charge on any atom is 0.276 e. The summed E-state index contributed by atoms with van der Waals surface area (Å²) in [5.41, 5.74) is 2.36. The lowest BCUT2D eigenvalue weighted by Crippen LogP contribution is -2.17. The second-order valence-electron chi connectivity index (χ2n) is 5.73. The van der Waals surface area contributed by atoms with E-state index in [0.29, 0.717) is 27.8 Å². The van der Waals surface area contributed by atoms with Crippen LogP contribution < -0.4 is 10.6 Å². The van der Waals surface area contributed by atoms with Crippen LogP contribution in [0.5, 0.6) is 0 Å². The Hall–Kier alpha value is -3.13. The molecule has 0 unspecified atom stereocenters. The smallest absolute Gasteiger partial charge is 0.276 e. The minimum atomic E-state index is -0.358. The number of aromatic nitrogens is 4. The summed E-state index contributed by atoms with van der Waals surface area (Å²) >= 11 is 6.12. The van der Waals surface area contributed by atoms with Gasteiger partial charge in [-0.25, -0.2) is 0 Å². The van der Waals surface area contributed by atoms with E-state index in [2.05, 4.69) is 20.8 Å². The number of nitrogens with zero attached hydrogens (tertiary/aromatic N) is 4. The fraction of sp³-hybridized carbons (Fsp3) is 0.176. The molecule has 2 N–H and O–H groups in total. The van der Waals surface area contributed by atoms with Crippen LogP contribution in [0.2, 0.25) is 5.02 Å². The predicted molar refractivity (Wildman–Crippen MR) is 98.5 cm³/mol. The maximum atomic E-state index is 12.4. The van der Waals surface area contributed by atoms with Crippen molar-refractivity contribution in [1.82, 2.24) is 19.6 Å². The van der Waals surface area contributed by atoms with Gasteiger partial charge in [0.1, 0.15) is 5.69 Å². The summed E-state index contributed by atoms with van der Waals surface area (Å²) in [4.78, 5) is 24.5. The van der Waals surface area contributed by atoms with Crippen LogP contribution in [-0.2, 0) is 14.1 Å². The van der Waals surface area contributed by atoms with Crippen molar-refractivity contribution in [1.29, 1.82) is 0 Å². The van der Waals surface area contributed by atoms with Crippen LogP contribution >= 0.6 is 11.6 Å². The highest BCUT2D eigenvalue weighted by molar-refractivity contribution is 6.34. The average Bonchev–Trinajstić information content (AvgIpc) is 3.13. The highest BCUT2D eigenvalue weighted by atomic mass is 35.5. The van der Waals surface area contributed by atoms with E-state index in [-0.39, 0.29) is 17.5 Å². The van der Waals surface area contributed by atoms with Crippen LogP contribution in [0.25, 0.3) is 0 Å². The number of hydrogen-bond donors (Lipinski definition) is 2. The van der Waals surface area contributed by atoms with Crippen molar-refractivity contribution in [2.75, 3.05) is 10.6 Å². The topological polar surface area (TPSA) is 93.8 Å². The summed E-state index contributed by atoms with van der Waals surface area (Å²) in [5, 5.41) is 14.0. The Bertz CT molecular complexity index is 974. The molecule has 0 atom stereocenters. The van der Waals surface area contributed by atoms with Crippen LogP contribution in [0.4, 0.5) is 11.4 Å². The Morgan fingerprint density at radius 2 is 1.54 bits per heavy atom. The van der Waals surface area contributed by atoms with Crippen molar-refractivity contribution in [3.8, 4) is 0 Å². The number of hydrogen-bond acceptors (Lipinski definition) is 4. The second-order valence-corrected chi connectivity index (χ2v) is 6.11. The Morgan fingerprint density at radius 1 is 0.962 bits per heavy atom. The first kappa shape index (κ1) is 17.7. The number of amides is 2. The molecule has 3 aromatic rings. The van der Waals surface area contributed by atoms with Gasteiger partial charge >= 0.3 is 0 Å². The van der Waals surface area contributed by atoms with Gasteiger partial charge in [-0.1, -0.05) is 11.6 Å². The molecule has 0 saturated carbocycles. The summed E-state index contributed by atoms with van der Waals surface area (Å²) in [7, 11) is 3.40. The van der Waals surface area contributed by atoms with Crippen molar-refractivity contribution < 1.29 is 9.59 Å². The van der Waals surface area contributed by atoms with Crippen LogP contribution in [0, 0.1) is 6.92 Å². The van der Waals surface area contributed by atoms with Gasteiger partial charge < -0.3 is 10.6 Å². The Kier molecular flexibility index (Phi) is 4.77. The first-order valence-corrected chi connectivity index (χ1v) is 8.14. The zero-order chi connectivity index (χ0) is 18.8. The zero-order valence-electron chi connectivity index (χ0n) is 14.4. The number of nitrogens with one attached hydrogen (secondary N) is 2. The van der Waals surface area contributed by atoms with Gasteiger partial charge in [-0.2, -0.15) is 10.2 Å². The third-order valence-corrected chi connectivity index (χ3v) is 4.16. The molecule has 0 radical (unpaired) electrons. The average molecular weight is 373 g/mol. The number of benzene rings is 1. The highest BCUT2D eigenvalue weighted by Crippen LogP contribution is 2.21. The molecule has 8 nitrogen and oxygen atoms in total. The van der Waals surface area contributed by atoms with Crippen molar-refractivity contribution in [3.05, 3.63) is 58.6 Å². The molecule has 2 heterocycles. The Morgan fingerprint density at radius 3 is 2.00 bits per heavy atom. The lowest BCUT2D eigenvalue weighted by atomic mass is 10.2. The lowest BCUT2D eigenvalue weighted by Gasteiger charge is -2.08. The second kappa shape index (κ2) is 7.01. The molecule has 134 valence electrons.